The van der Waals surface area contributed by atoms with Crippen molar-refractivity contribution >= 4 is 64.3 Å². The van der Waals surface area contributed by atoms with Gasteiger partial charge in [-0.05, 0) is 110 Å². The SMILES string of the molecule is Cc1cc(C)c(-[n+]2cn(-c3cccc(Oc4ccc5c6cc7sc8ccccc8c7cc6n(-c6cc(C(C)(C)C)ccn6)c5c4)c3)c3ccccc32)c(C)c1. The lowest BCUT2D eigenvalue weighted by molar-refractivity contribution is -0.568. The Balaban J connectivity index is 1.11. The Morgan fingerprint density at radius 2 is 1.38 bits per heavy atom. The number of hydrogen-bond donors (Lipinski definition) is 0. The number of nitrogens with zero attached hydrogens (tertiary/aromatic N) is 4. The molecular weight excluding hydrogens is 693 g/mol. The number of aryl methyl sites for hydroxylation is 3. The summed E-state index contributed by atoms with van der Waals surface area (Å²) in [5.41, 5.74) is 11.7. The Kier molecular flexibility index (Phi) is 7.52. The molecule has 0 unspecified atom stereocenters. The summed E-state index contributed by atoms with van der Waals surface area (Å²) in [6.45, 7) is 13.3. The highest BCUT2D eigenvalue weighted by molar-refractivity contribution is 7.25. The molecule has 0 aliphatic rings. The molecule has 0 N–H and O–H groups in total. The van der Waals surface area contributed by atoms with Gasteiger partial charge in [0.05, 0.1) is 11.0 Å². The van der Waals surface area contributed by atoms with Crippen molar-refractivity contribution in [3.63, 3.8) is 0 Å². The van der Waals surface area contributed by atoms with E-state index in [1.807, 2.05) is 23.6 Å². The van der Waals surface area contributed by atoms with E-state index in [2.05, 4.69) is 183 Å². The lowest BCUT2D eigenvalue weighted by Crippen LogP contribution is -2.31. The van der Waals surface area contributed by atoms with E-state index in [0.717, 1.165) is 45.1 Å². The van der Waals surface area contributed by atoms with Crippen LogP contribution in [0, 0.1) is 20.8 Å². The largest absolute Gasteiger partial charge is 0.457 e. The molecule has 0 atom stereocenters. The van der Waals surface area contributed by atoms with E-state index in [4.69, 9.17) is 9.72 Å². The third-order valence-electron chi connectivity index (χ3n) is 10.9. The van der Waals surface area contributed by atoms with Crippen molar-refractivity contribution < 1.29 is 9.30 Å². The molecule has 6 aromatic carbocycles. The minimum absolute atomic E-state index is 0.0192. The minimum atomic E-state index is -0.0192. The highest BCUT2D eigenvalue weighted by Crippen LogP contribution is 2.42. The van der Waals surface area contributed by atoms with Gasteiger partial charge in [0, 0.05) is 49.3 Å². The van der Waals surface area contributed by atoms with Crippen LogP contribution >= 0.6 is 11.3 Å². The van der Waals surface area contributed by atoms with Crippen LogP contribution in [0.4, 0.5) is 0 Å². The molecule has 0 amide bonds. The number of fused-ring (bicyclic) bond motifs is 7. The number of benzene rings is 6. The molecule has 4 heterocycles. The molecule has 0 aliphatic heterocycles. The lowest BCUT2D eigenvalue weighted by Gasteiger charge is -2.20. The first-order valence-electron chi connectivity index (χ1n) is 18.9. The van der Waals surface area contributed by atoms with Crippen molar-refractivity contribution in [3.05, 3.63) is 162 Å². The van der Waals surface area contributed by atoms with Crippen LogP contribution in [0.3, 0.4) is 0 Å². The van der Waals surface area contributed by atoms with Crippen LogP contribution in [0.1, 0.15) is 43.0 Å². The second kappa shape index (κ2) is 12.4. The first-order valence-corrected chi connectivity index (χ1v) is 19.7. The third-order valence-corrected chi connectivity index (χ3v) is 12.0. The molecule has 55 heavy (non-hydrogen) atoms. The van der Waals surface area contributed by atoms with E-state index in [9.17, 15) is 0 Å². The zero-order valence-electron chi connectivity index (χ0n) is 31.9. The van der Waals surface area contributed by atoms with Gasteiger partial charge in [0.1, 0.15) is 28.7 Å². The molecule has 5 nitrogen and oxygen atoms in total. The minimum Gasteiger partial charge on any atom is -0.457 e. The molecule has 0 aliphatic carbocycles. The number of ether oxygens (including phenoxy) is 1. The fraction of sp³-hybridized carbons (Fsp3) is 0.143. The number of imidazole rings is 1. The van der Waals surface area contributed by atoms with Crippen molar-refractivity contribution in [2.45, 2.75) is 47.0 Å². The Morgan fingerprint density at radius 1 is 0.618 bits per heavy atom. The quantitative estimate of drug-likeness (QED) is 0.165. The second-order valence-corrected chi connectivity index (χ2v) is 16.9. The maximum absolute atomic E-state index is 6.74. The number of pyridine rings is 1. The van der Waals surface area contributed by atoms with Crippen LogP contribution in [-0.2, 0) is 5.41 Å². The highest BCUT2D eigenvalue weighted by Gasteiger charge is 2.23. The van der Waals surface area contributed by atoms with Crippen molar-refractivity contribution in [2.24, 2.45) is 0 Å². The van der Waals surface area contributed by atoms with Gasteiger partial charge in [-0.1, -0.05) is 74.9 Å². The van der Waals surface area contributed by atoms with Gasteiger partial charge in [-0.15, -0.1) is 11.3 Å². The number of aromatic nitrogens is 4. The van der Waals surface area contributed by atoms with Crippen LogP contribution in [0.25, 0.3) is 70.2 Å². The smallest absolute Gasteiger partial charge is 0.255 e. The van der Waals surface area contributed by atoms with Crippen molar-refractivity contribution in [1.82, 2.24) is 14.1 Å². The predicted molar refractivity (Wildman–Crippen MR) is 229 cm³/mol. The van der Waals surface area contributed by atoms with Gasteiger partial charge in [0.2, 0.25) is 0 Å². The summed E-state index contributed by atoms with van der Waals surface area (Å²) < 4.78 is 16.2. The molecule has 10 rings (SSSR count). The number of hydrogen-bond acceptors (Lipinski definition) is 3. The van der Waals surface area contributed by atoms with Gasteiger partial charge in [-0.2, -0.15) is 9.13 Å². The Morgan fingerprint density at radius 3 is 2.22 bits per heavy atom. The summed E-state index contributed by atoms with van der Waals surface area (Å²) >= 11 is 1.85. The normalized spacial score (nSPS) is 12.2. The fourth-order valence-electron chi connectivity index (χ4n) is 8.41. The molecule has 0 saturated heterocycles. The van der Waals surface area contributed by atoms with E-state index < -0.39 is 0 Å². The van der Waals surface area contributed by atoms with Crippen molar-refractivity contribution in [2.75, 3.05) is 0 Å². The monoisotopic (exact) mass is 733 g/mol. The second-order valence-electron chi connectivity index (χ2n) is 15.8. The summed E-state index contributed by atoms with van der Waals surface area (Å²) in [6.07, 6.45) is 4.14. The summed E-state index contributed by atoms with van der Waals surface area (Å²) in [6, 6.07) is 45.7. The standard InChI is InChI=1S/C49H41N4OS/c1-30-22-31(2)48(32(3)23-30)52-29-51(41-15-8-9-16-42(41)52)34-12-11-13-35(25-34)54-36-18-19-37-39-28-46-40(38-14-7-10-17-45(38)55-46)27-44(39)53(43(37)26-36)47-24-33(20-21-50-47)49(4,5)6/h7-29H,1-6H3/q+1. The predicted octanol–water partition coefficient (Wildman–Crippen LogP) is 12.8. The van der Waals surface area contributed by atoms with Crippen LogP contribution in [0.15, 0.2) is 140 Å². The van der Waals surface area contributed by atoms with Crippen LogP contribution in [0.5, 0.6) is 11.5 Å². The molecule has 10 aromatic rings. The summed E-state index contributed by atoms with van der Waals surface area (Å²) in [5, 5.41) is 4.93. The molecule has 0 bridgehead atoms. The molecule has 268 valence electrons. The van der Waals surface area contributed by atoms with E-state index in [0.29, 0.717) is 0 Å². The van der Waals surface area contributed by atoms with Crippen LogP contribution in [0.2, 0.25) is 0 Å². The summed E-state index contributed by atoms with van der Waals surface area (Å²) in [7, 11) is 0. The molecule has 0 spiro atoms. The van der Waals surface area contributed by atoms with Crippen molar-refractivity contribution in [3.8, 4) is 28.7 Å². The average Bonchev–Trinajstić information content (AvgIpc) is 3.83. The molecule has 4 aromatic heterocycles. The number of thiophene rings is 1. The maximum Gasteiger partial charge on any atom is 0.255 e. The number of para-hydroxylation sites is 2. The van der Waals surface area contributed by atoms with Crippen LogP contribution in [-0.4, -0.2) is 14.1 Å². The Labute approximate surface area is 324 Å². The molecule has 6 heteroatoms. The van der Waals surface area contributed by atoms with Gasteiger partial charge in [-0.3, -0.25) is 4.57 Å². The molecule has 0 fully saturated rings. The topological polar surface area (TPSA) is 35.9 Å². The highest BCUT2D eigenvalue weighted by atomic mass is 32.1. The molecular formula is C49H41N4OS+. The summed E-state index contributed by atoms with van der Waals surface area (Å²) in [4.78, 5) is 4.97. The zero-order chi connectivity index (χ0) is 37.6. The summed E-state index contributed by atoms with van der Waals surface area (Å²) in [5.74, 6) is 2.44. The van der Waals surface area contributed by atoms with E-state index >= 15 is 0 Å². The fourth-order valence-corrected chi connectivity index (χ4v) is 9.54. The van der Waals surface area contributed by atoms with Crippen LogP contribution < -0.4 is 9.30 Å². The van der Waals surface area contributed by atoms with Gasteiger partial charge < -0.3 is 4.74 Å². The third kappa shape index (κ3) is 5.51. The average molecular weight is 734 g/mol. The van der Waals surface area contributed by atoms with E-state index in [1.165, 1.54) is 58.9 Å². The number of rotatable bonds is 5. The first-order chi connectivity index (χ1) is 26.6. The van der Waals surface area contributed by atoms with Gasteiger partial charge in [-0.25, -0.2) is 4.98 Å². The molecule has 0 radical (unpaired) electrons. The lowest BCUT2D eigenvalue weighted by atomic mass is 9.88. The Bertz CT molecular complexity index is 3130. The zero-order valence-corrected chi connectivity index (χ0v) is 32.7. The van der Waals surface area contributed by atoms with E-state index in [-0.39, 0.29) is 5.41 Å². The van der Waals surface area contributed by atoms with Gasteiger partial charge in [0.25, 0.3) is 6.33 Å². The Hall–Kier alpha value is -6.24. The maximum atomic E-state index is 6.74. The van der Waals surface area contributed by atoms with Gasteiger partial charge in [0.15, 0.2) is 11.0 Å². The molecule has 0 saturated carbocycles. The van der Waals surface area contributed by atoms with Gasteiger partial charge >= 0.3 is 0 Å². The van der Waals surface area contributed by atoms with Crippen molar-refractivity contribution in [1.29, 1.82) is 0 Å². The van der Waals surface area contributed by atoms with E-state index in [1.54, 1.807) is 0 Å². The first kappa shape index (κ1) is 33.3.